The van der Waals surface area contributed by atoms with Crippen LogP contribution in [0.25, 0.3) is 10.9 Å². The molecule has 3 N–H and O–H groups in total. The molecule has 0 amide bonds. The highest BCUT2D eigenvalue weighted by Crippen LogP contribution is 2.35. The van der Waals surface area contributed by atoms with E-state index in [2.05, 4.69) is 0 Å². The van der Waals surface area contributed by atoms with Crippen molar-refractivity contribution < 1.29 is 24.3 Å². The van der Waals surface area contributed by atoms with E-state index in [0.29, 0.717) is 10.9 Å². The van der Waals surface area contributed by atoms with Crippen molar-refractivity contribution in [3.63, 3.8) is 0 Å². The van der Waals surface area contributed by atoms with E-state index in [1.54, 1.807) is 0 Å². The van der Waals surface area contributed by atoms with Gasteiger partial charge in [-0.1, -0.05) is 0 Å². The molecule has 2 rings (SSSR count). The fraction of sp³-hybridized carbons (Fsp3) is 0.100. The second-order valence-corrected chi connectivity index (χ2v) is 5.23. The summed E-state index contributed by atoms with van der Waals surface area (Å²) in [6, 6.07) is 5.62. The molecule has 0 fully saturated rings. The monoisotopic (exact) mass is 255 g/mol. The molecule has 0 bridgehead atoms. The molecule has 2 aromatic rings. The summed E-state index contributed by atoms with van der Waals surface area (Å²) in [5.41, 5.74) is 0.531. The highest BCUT2D eigenvalue weighted by atomic mass is 31.2. The number of hydrogen-bond donors (Lipinski definition) is 3. The van der Waals surface area contributed by atoms with Crippen LogP contribution < -0.4 is 5.44 Å². The largest absolute Gasteiger partial charge is 0.478 e. The average Bonchev–Trinajstić information content (AvgIpc) is 2.55. The Hall–Kier alpha value is -1.62. The van der Waals surface area contributed by atoms with Crippen LogP contribution in [-0.2, 0) is 11.6 Å². The number of aromatic nitrogens is 1. The number of hydrogen-bond acceptors (Lipinski definition) is 2. The van der Waals surface area contributed by atoms with E-state index in [1.165, 1.54) is 35.9 Å². The van der Waals surface area contributed by atoms with E-state index in [9.17, 15) is 9.36 Å². The van der Waals surface area contributed by atoms with Crippen LogP contribution in [0, 0.1) is 0 Å². The summed E-state index contributed by atoms with van der Waals surface area (Å²) in [5, 5.41) is 9.31. The van der Waals surface area contributed by atoms with Crippen LogP contribution in [0.1, 0.15) is 10.4 Å². The van der Waals surface area contributed by atoms with Crippen LogP contribution in [0.3, 0.4) is 0 Å². The van der Waals surface area contributed by atoms with Crippen molar-refractivity contribution in [2.24, 2.45) is 7.05 Å². The Morgan fingerprint density at radius 2 is 1.94 bits per heavy atom. The molecule has 90 valence electrons. The standard InChI is InChI=1S/C10H10NO5P/c1-11-8-3-2-6(10(12)13)4-7(8)5-9(11)17(14,15)16/h2-5H,1H3,(H,12,13)(H2,14,15,16). The Morgan fingerprint density at radius 3 is 2.47 bits per heavy atom. The van der Waals surface area contributed by atoms with Crippen molar-refractivity contribution in [1.82, 2.24) is 4.57 Å². The summed E-state index contributed by atoms with van der Waals surface area (Å²) in [6.07, 6.45) is 0. The molecule has 17 heavy (non-hydrogen) atoms. The van der Waals surface area contributed by atoms with Crippen LogP contribution in [0.4, 0.5) is 0 Å². The van der Waals surface area contributed by atoms with E-state index in [4.69, 9.17) is 14.9 Å². The van der Waals surface area contributed by atoms with Crippen molar-refractivity contribution in [3.05, 3.63) is 29.8 Å². The number of rotatable bonds is 2. The normalized spacial score (nSPS) is 11.9. The van der Waals surface area contributed by atoms with Gasteiger partial charge in [-0.2, -0.15) is 0 Å². The molecule has 0 unspecified atom stereocenters. The van der Waals surface area contributed by atoms with Gasteiger partial charge in [0.25, 0.3) is 0 Å². The van der Waals surface area contributed by atoms with Gasteiger partial charge in [-0.25, -0.2) is 4.79 Å². The third kappa shape index (κ3) is 1.98. The number of benzene rings is 1. The van der Waals surface area contributed by atoms with E-state index < -0.39 is 13.6 Å². The Morgan fingerprint density at radius 1 is 1.29 bits per heavy atom. The van der Waals surface area contributed by atoms with Gasteiger partial charge in [-0.15, -0.1) is 0 Å². The minimum atomic E-state index is -4.35. The molecule has 0 aliphatic rings. The molecule has 0 aliphatic carbocycles. The average molecular weight is 255 g/mol. The van der Waals surface area contributed by atoms with Crippen LogP contribution in [-0.4, -0.2) is 25.4 Å². The third-order valence-corrected chi connectivity index (χ3v) is 3.59. The molecule has 0 atom stereocenters. The molecule has 1 aromatic heterocycles. The fourth-order valence-corrected chi connectivity index (χ4v) is 2.55. The van der Waals surface area contributed by atoms with Crippen molar-refractivity contribution in [2.75, 3.05) is 0 Å². The maximum atomic E-state index is 11.2. The summed E-state index contributed by atoms with van der Waals surface area (Å²) in [4.78, 5) is 29.0. The zero-order valence-corrected chi connectivity index (χ0v) is 9.76. The minimum absolute atomic E-state index is 0.0837. The first-order valence-electron chi connectivity index (χ1n) is 4.69. The summed E-state index contributed by atoms with van der Waals surface area (Å²) < 4.78 is 12.6. The molecule has 0 aliphatic heterocycles. The smallest absolute Gasteiger partial charge is 0.372 e. The number of carboxylic acid groups (broad SMARTS) is 1. The molecule has 0 saturated heterocycles. The van der Waals surface area contributed by atoms with Gasteiger partial charge in [0.15, 0.2) is 0 Å². The molecule has 0 spiro atoms. The Kier molecular flexibility index (Phi) is 2.58. The topological polar surface area (TPSA) is 99.8 Å². The van der Waals surface area contributed by atoms with E-state index in [0.717, 1.165) is 0 Å². The van der Waals surface area contributed by atoms with E-state index in [1.807, 2.05) is 0 Å². The lowest BCUT2D eigenvalue weighted by atomic mass is 10.1. The van der Waals surface area contributed by atoms with Crippen LogP contribution in [0.15, 0.2) is 24.3 Å². The minimum Gasteiger partial charge on any atom is -0.478 e. The van der Waals surface area contributed by atoms with Crippen molar-refractivity contribution in [3.8, 4) is 0 Å². The highest BCUT2D eigenvalue weighted by Gasteiger charge is 2.23. The summed E-state index contributed by atoms with van der Waals surface area (Å²) >= 11 is 0. The maximum Gasteiger partial charge on any atom is 0.372 e. The van der Waals surface area contributed by atoms with Crippen LogP contribution >= 0.6 is 7.60 Å². The van der Waals surface area contributed by atoms with Gasteiger partial charge < -0.3 is 19.5 Å². The maximum absolute atomic E-state index is 11.2. The molecular weight excluding hydrogens is 245 g/mol. The number of fused-ring (bicyclic) bond motifs is 1. The second kappa shape index (κ2) is 3.70. The second-order valence-electron chi connectivity index (χ2n) is 3.68. The van der Waals surface area contributed by atoms with E-state index in [-0.39, 0.29) is 11.0 Å². The Balaban J connectivity index is 2.74. The fourth-order valence-electron chi connectivity index (χ4n) is 1.75. The molecule has 1 heterocycles. The van der Waals surface area contributed by atoms with Gasteiger partial charge in [-0.05, 0) is 24.3 Å². The van der Waals surface area contributed by atoms with Crippen molar-refractivity contribution in [2.45, 2.75) is 0 Å². The first-order chi connectivity index (χ1) is 7.80. The lowest BCUT2D eigenvalue weighted by Crippen LogP contribution is -2.12. The first kappa shape index (κ1) is 11.9. The predicted octanol–water partition coefficient (Wildman–Crippen LogP) is 0.679. The molecule has 0 radical (unpaired) electrons. The Bertz CT molecular complexity index is 654. The number of nitrogens with zero attached hydrogens (tertiary/aromatic N) is 1. The third-order valence-electron chi connectivity index (χ3n) is 2.56. The van der Waals surface area contributed by atoms with Gasteiger partial charge in [0.2, 0.25) is 0 Å². The van der Waals surface area contributed by atoms with Crippen molar-refractivity contribution >= 4 is 29.9 Å². The van der Waals surface area contributed by atoms with E-state index >= 15 is 0 Å². The summed E-state index contributed by atoms with van der Waals surface area (Å²) in [5.74, 6) is -1.08. The molecule has 7 heteroatoms. The van der Waals surface area contributed by atoms with Gasteiger partial charge in [0, 0.05) is 18.0 Å². The number of aryl methyl sites for hydroxylation is 1. The molecule has 0 saturated carbocycles. The number of carboxylic acids is 1. The van der Waals surface area contributed by atoms with Crippen LogP contribution in [0.2, 0.25) is 0 Å². The lowest BCUT2D eigenvalue weighted by molar-refractivity contribution is 0.0697. The first-order valence-corrected chi connectivity index (χ1v) is 6.31. The van der Waals surface area contributed by atoms with Gasteiger partial charge in [0.05, 0.1) is 5.56 Å². The predicted molar refractivity (Wildman–Crippen MR) is 61.6 cm³/mol. The quantitative estimate of drug-likeness (QED) is 0.685. The number of aromatic carboxylic acids is 1. The SMILES string of the molecule is Cn1c(P(=O)(O)O)cc2cc(C(=O)O)ccc21. The molecule has 6 nitrogen and oxygen atoms in total. The number of carbonyl (C=O) groups is 1. The highest BCUT2D eigenvalue weighted by molar-refractivity contribution is 7.60. The molecular formula is C10H10NO5P. The van der Waals surface area contributed by atoms with Crippen LogP contribution in [0.5, 0.6) is 0 Å². The lowest BCUT2D eigenvalue weighted by Gasteiger charge is -2.05. The van der Waals surface area contributed by atoms with Crippen molar-refractivity contribution in [1.29, 1.82) is 0 Å². The summed E-state index contributed by atoms with van der Waals surface area (Å²) in [7, 11) is -2.83. The molecule has 1 aromatic carbocycles. The van der Waals surface area contributed by atoms with Gasteiger partial charge in [-0.3, -0.25) is 4.57 Å². The van der Waals surface area contributed by atoms with Gasteiger partial charge >= 0.3 is 13.6 Å². The zero-order chi connectivity index (χ0) is 12.8. The Labute approximate surface area is 96.3 Å². The van der Waals surface area contributed by atoms with Gasteiger partial charge in [0.1, 0.15) is 5.44 Å². The zero-order valence-electron chi connectivity index (χ0n) is 8.86. The summed E-state index contributed by atoms with van der Waals surface area (Å²) in [6.45, 7) is 0.